The average Bonchev–Trinajstić information content (AvgIpc) is 2.94. The second-order valence-electron chi connectivity index (χ2n) is 6.39. The lowest BCUT2D eigenvalue weighted by Gasteiger charge is -2.20. The van der Waals surface area contributed by atoms with Crippen LogP contribution in [-0.2, 0) is 14.6 Å². The molecule has 2 atom stereocenters. The summed E-state index contributed by atoms with van der Waals surface area (Å²) < 4.78 is 23.3. The number of carbonyl (C=O) groups is 1. The summed E-state index contributed by atoms with van der Waals surface area (Å²) in [7, 11) is -1.13. The molecule has 0 aliphatic carbocycles. The number of nitrogens with zero attached hydrogens (tertiary/aromatic N) is 2. The minimum absolute atomic E-state index is 0.0837. The van der Waals surface area contributed by atoms with Crippen LogP contribution < -0.4 is 5.32 Å². The van der Waals surface area contributed by atoms with Crippen LogP contribution in [0.1, 0.15) is 11.1 Å². The molecule has 24 heavy (non-hydrogen) atoms. The van der Waals surface area contributed by atoms with E-state index in [1.165, 1.54) is 11.8 Å². The predicted octanol–water partition coefficient (Wildman–Crippen LogP) is 1.44. The first-order valence-electron chi connectivity index (χ1n) is 7.76. The maximum Gasteiger partial charge on any atom is 0.234 e. The van der Waals surface area contributed by atoms with Gasteiger partial charge < -0.3 is 10.2 Å². The Morgan fingerprint density at radius 3 is 2.83 bits per heavy atom. The van der Waals surface area contributed by atoms with Gasteiger partial charge in [-0.1, -0.05) is 23.9 Å². The summed E-state index contributed by atoms with van der Waals surface area (Å²) in [4.78, 5) is 18.6. The number of aryl methyl sites for hydroxylation is 2. The number of nitrogens with one attached hydrogen (secondary N) is 1. The Morgan fingerprint density at radius 1 is 1.38 bits per heavy atom. The number of anilines is 1. The number of hydrogen-bond acceptors (Lipinski definition) is 6. The third-order valence-corrected chi connectivity index (χ3v) is 7.13. The van der Waals surface area contributed by atoms with E-state index in [-0.39, 0.29) is 35.2 Å². The van der Waals surface area contributed by atoms with E-state index in [1.54, 1.807) is 0 Å². The van der Waals surface area contributed by atoms with Crippen LogP contribution in [0, 0.1) is 13.8 Å². The Labute approximate surface area is 146 Å². The van der Waals surface area contributed by atoms with Crippen molar-refractivity contribution in [2.45, 2.75) is 25.9 Å². The molecule has 1 amide bonds. The van der Waals surface area contributed by atoms with Gasteiger partial charge in [0.2, 0.25) is 5.91 Å². The largest absolute Gasteiger partial charge is 0.348 e. The fourth-order valence-corrected chi connectivity index (χ4v) is 5.81. The number of rotatable bonds is 3. The van der Waals surface area contributed by atoms with Gasteiger partial charge in [0.15, 0.2) is 15.0 Å². The van der Waals surface area contributed by atoms with Crippen molar-refractivity contribution in [3.63, 3.8) is 0 Å². The van der Waals surface area contributed by atoms with Crippen molar-refractivity contribution >= 4 is 38.4 Å². The third kappa shape index (κ3) is 3.59. The zero-order valence-electron chi connectivity index (χ0n) is 13.9. The van der Waals surface area contributed by atoms with Gasteiger partial charge in [-0.15, -0.1) is 0 Å². The maximum absolute atomic E-state index is 12.2. The molecule has 2 unspecified atom stereocenters. The lowest BCUT2D eigenvalue weighted by Crippen LogP contribution is -2.35. The Hall–Kier alpha value is -1.54. The number of amides is 1. The van der Waals surface area contributed by atoms with Gasteiger partial charge in [0.1, 0.15) is 0 Å². The van der Waals surface area contributed by atoms with E-state index in [9.17, 15) is 13.2 Å². The molecule has 3 rings (SSSR count). The number of amidine groups is 1. The zero-order valence-corrected chi connectivity index (χ0v) is 15.6. The van der Waals surface area contributed by atoms with Gasteiger partial charge in [-0.05, 0) is 31.0 Å². The monoisotopic (exact) mass is 367 g/mol. The summed E-state index contributed by atoms with van der Waals surface area (Å²) in [5.41, 5.74) is 2.94. The number of aliphatic imine (C=N–C) groups is 1. The van der Waals surface area contributed by atoms with Crippen molar-refractivity contribution in [1.82, 2.24) is 4.90 Å². The SMILES string of the molecule is Cc1ccc(C)c(NC(=O)CSC2=NC3CS(=O)(=O)CC3N2C)c1. The number of thioether (sulfide) groups is 1. The molecule has 1 fully saturated rings. The van der Waals surface area contributed by atoms with Crippen molar-refractivity contribution in [1.29, 1.82) is 0 Å². The lowest BCUT2D eigenvalue weighted by atomic mass is 10.1. The van der Waals surface area contributed by atoms with E-state index in [0.717, 1.165) is 22.0 Å². The van der Waals surface area contributed by atoms with Gasteiger partial charge in [-0.2, -0.15) is 0 Å². The number of carbonyl (C=O) groups excluding carboxylic acids is 1. The molecule has 0 radical (unpaired) electrons. The van der Waals surface area contributed by atoms with Crippen LogP contribution in [0.3, 0.4) is 0 Å². The molecule has 0 bridgehead atoms. The van der Waals surface area contributed by atoms with Gasteiger partial charge in [0.05, 0.1) is 29.3 Å². The number of sulfone groups is 1. The predicted molar refractivity (Wildman–Crippen MR) is 98.4 cm³/mol. The molecule has 1 saturated heterocycles. The van der Waals surface area contributed by atoms with Gasteiger partial charge in [0, 0.05) is 12.7 Å². The Bertz CT molecular complexity index is 805. The number of benzene rings is 1. The Balaban J connectivity index is 1.58. The molecule has 1 aromatic carbocycles. The summed E-state index contributed by atoms with van der Waals surface area (Å²) in [5, 5.41) is 3.67. The highest BCUT2D eigenvalue weighted by molar-refractivity contribution is 8.14. The molecule has 2 aliphatic rings. The first kappa shape index (κ1) is 17.3. The van der Waals surface area contributed by atoms with Crippen LogP contribution >= 0.6 is 11.8 Å². The van der Waals surface area contributed by atoms with Gasteiger partial charge in [-0.25, -0.2) is 8.42 Å². The molecule has 0 aromatic heterocycles. The van der Waals surface area contributed by atoms with E-state index in [0.29, 0.717) is 0 Å². The first-order chi connectivity index (χ1) is 11.2. The third-order valence-electron chi connectivity index (χ3n) is 4.37. The number of hydrogen-bond donors (Lipinski definition) is 1. The summed E-state index contributed by atoms with van der Waals surface area (Å²) in [6, 6.07) is 5.67. The van der Waals surface area contributed by atoms with Crippen LogP contribution in [0.5, 0.6) is 0 Å². The van der Waals surface area contributed by atoms with Crippen molar-refractivity contribution in [3.8, 4) is 0 Å². The van der Waals surface area contributed by atoms with Crippen LogP contribution in [0.15, 0.2) is 23.2 Å². The van der Waals surface area contributed by atoms with Crippen molar-refractivity contribution in [2.75, 3.05) is 29.6 Å². The molecule has 2 aliphatic heterocycles. The number of fused-ring (bicyclic) bond motifs is 1. The summed E-state index contributed by atoms with van der Waals surface area (Å²) in [5.74, 6) is 0.425. The Kier molecular flexibility index (Phi) is 4.61. The molecule has 130 valence electrons. The molecular formula is C16H21N3O3S2. The topological polar surface area (TPSA) is 78.8 Å². The van der Waals surface area contributed by atoms with Gasteiger partial charge in [0.25, 0.3) is 0 Å². The van der Waals surface area contributed by atoms with Crippen LogP contribution in [0.4, 0.5) is 5.69 Å². The quantitative estimate of drug-likeness (QED) is 0.875. The Morgan fingerprint density at radius 2 is 2.12 bits per heavy atom. The maximum atomic E-state index is 12.2. The van der Waals surface area contributed by atoms with E-state index >= 15 is 0 Å². The standard InChI is InChI=1S/C16H21N3O3S2/c1-10-4-5-11(2)12(6-10)17-15(20)7-23-16-18-13-8-24(21,22)9-14(13)19(16)3/h4-6,13-14H,7-9H2,1-3H3,(H,17,20). The molecule has 1 N–H and O–H groups in total. The highest BCUT2D eigenvalue weighted by Gasteiger charge is 2.45. The van der Waals surface area contributed by atoms with E-state index in [4.69, 9.17) is 0 Å². The van der Waals surface area contributed by atoms with Gasteiger partial charge >= 0.3 is 0 Å². The van der Waals surface area contributed by atoms with Crippen molar-refractivity contribution in [2.24, 2.45) is 4.99 Å². The van der Waals surface area contributed by atoms with Crippen LogP contribution in [0.25, 0.3) is 0 Å². The summed E-state index contributed by atoms with van der Waals surface area (Å²) in [6.45, 7) is 3.94. The summed E-state index contributed by atoms with van der Waals surface area (Å²) in [6.07, 6.45) is 0. The molecular weight excluding hydrogens is 346 g/mol. The highest BCUT2D eigenvalue weighted by atomic mass is 32.2. The van der Waals surface area contributed by atoms with E-state index in [1.807, 2.05) is 44.0 Å². The van der Waals surface area contributed by atoms with E-state index < -0.39 is 9.84 Å². The molecule has 2 heterocycles. The van der Waals surface area contributed by atoms with Crippen LogP contribution in [-0.4, -0.2) is 60.8 Å². The van der Waals surface area contributed by atoms with E-state index in [2.05, 4.69) is 10.3 Å². The molecule has 1 aromatic rings. The molecule has 0 spiro atoms. The zero-order chi connectivity index (χ0) is 17.5. The lowest BCUT2D eigenvalue weighted by molar-refractivity contribution is -0.113. The first-order valence-corrected chi connectivity index (χ1v) is 10.6. The highest BCUT2D eigenvalue weighted by Crippen LogP contribution is 2.29. The fraction of sp³-hybridized carbons (Fsp3) is 0.500. The minimum atomic E-state index is -2.98. The second kappa shape index (κ2) is 6.40. The number of likely N-dealkylation sites (N-methyl/N-ethyl adjacent to an activating group) is 1. The smallest absolute Gasteiger partial charge is 0.234 e. The fourth-order valence-electron chi connectivity index (χ4n) is 3.00. The van der Waals surface area contributed by atoms with Gasteiger partial charge in [-0.3, -0.25) is 9.79 Å². The average molecular weight is 367 g/mol. The second-order valence-corrected chi connectivity index (χ2v) is 9.49. The normalized spacial score (nSPS) is 24.6. The summed E-state index contributed by atoms with van der Waals surface area (Å²) >= 11 is 1.36. The minimum Gasteiger partial charge on any atom is -0.348 e. The molecule has 0 saturated carbocycles. The molecule has 8 heteroatoms. The van der Waals surface area contributed by atoms with Crippen molar-refractivity contribution < 1.29 is 13.2 Å². The van der Waals surface area contributed by atoms with Crippen molar-refractivity contribution in [3.05, 3.63) is 29.3 Å². The van der Waals surface area contributed by atoms with Crippen LogP contribution in [0.2, 0.25) is 0 Å². The molecule has 6 nitrogen and oxygen atoms in total.